The number of carbonyl (C=O) groups is 2. The monoisotopic (exact) mass is 393 g/mol. The van der Waals surface area contributed by atoms with Crippen LogP contribution in [0.25, 0.3) is 0 Å². The fourth-order valence-electron chi connectivity index (χ4n) is 5.95. The fraction of sp³-hybridized carbons (Fsp3) is 0.636. The van der Waals surface area contributed by atoms with Crippen LogP contribution in [0.4, 0.5) is 0 Å². The van der Waals surface area contributed by atoms with Crippen molar-refractivity contribution in [3.63, 3.8) is 0 Å². The van der Waals surface area contributed by atoms with E-state index >= 15 is 0 Å². The molecule has 0 unspecified atom stereocenters. The van der Waals surface area contributed by atoms with E-state index in [1.165, 1.54) is 0 Å². The van der Waals surface area contributed by atoms with E-state index in [1.54, 1.807) is 17.3 Å². The van der Waals surface area contributed by atoms with Gasteiger partial charge in [0.2, 0.25) is 11.8 Å². The average molecular weight is 393 g/mol. The molecule has 2 bridgehead atoms. The predicted octanol–water partition coefficient (Wildman–Crippen LogP) is 1.23. The second-order valence-electron chi connectivity index (χ2n) is 9.16. The lowest BCUT2D eigenvalue weighted by Gasteiger charge is -2.41. The maximum Gasteiger partial charge on any atom is 0.241 e. The summed E-state index contributed by atoms with van der Waals surface area (Å²) in [5.74, 6) is 0.691. The van der Waals surface area contributed by atoms with Gasteiger partial charge in [-0.1, -0.05) is 0 Å². The maximum absolute atomic E-state index is 13.1. The Hall–Kier alpha value is -2.46. The summed E-state index contributed by atoms with van der Waals surface area (Å²) in [7, 11) is 0. The Kier molecular flexibility index (Phi) is 4.54. The van der Waals surface area contributed by atoms with Gasteiger partial charge in [-0.25, -0.2) is 0 Å². The molecule has 0 spiro atoms. The van der Waals surface area contributed by atoms with Crippen molar-refractivity contribution in [2.45, 2.75) is 75.2 Å². The van der Waals surface area contributed by atoms with E-state index in [-0.39, 0.29) is 41.9 Å². The SMILES string of the molecule is N#C[C@@H]1C[C@@H]2C[C@@H]2N1C(=O)[C@@H](N)C1C[C@@H]2CC[C@@H](C1)N2C(=O)Cc1ccncc1. The number of hydrogen-bond acceptors (Lipinski definition) is 5. The topological polar surface area (TPSA) is 103 Å². The number of hydrogen-bond donors (Lipinski definition) is 1. The van der Waals surface area contributed by atoms with E-state index in [4.69, 9.17) is 5.73 Å². The number of rotatable bonds is 4. The zero-order valence-electron chi connectivity index (χ0n) is 16.5. The molecule has 2 amide bonds. The Balaban J connectivity index is 1.24. The number of aromatic nitrogens is 1. The van der Waals surface area contributed by atoms with E-state index in [2.05, 4.69) is 16.0 Å². The molecule has 3 aliphatic heterocycles. The molecular weight excluding hydrogens is 366 g/mol. The van der Waals surface area contributed by atoms with Crippen LogP contribution in [0.2, 0.25) is 0 Å². The Bertz CT molecular complexity index is 839. The van der Waals surface area contributed by atoms with Gasteiger partial charge in [0.1, 0.15) is 6.04 Å². The number of amides is 2. The first-order chi connectivity index (χ1) is 14.1. The molecule has 1 saturated carbocycles. The first-order valence-electron chi connectivity index (χ1n) is 10.7. The van der Waals surface area contributed by atoms with Gasteiger partial charge < -0.3 is 15.5 Å². The molecule has 0 radical (unpaired) electrons. The number of carbonyl (C=O) groups excluding carboxylic acids is 2. The van der Waals surface area contributed by atoms with E-state index in [1.807, 2.05) is 12.1 Å². The Morgan fingerprint density at radius 1 is 1.14 bits per heavy atom. The van der Waals surface area contributed by atoms with Gasteiger partial charge >= 0.3 is 0 Å². The molecular formula is C22H27N5O2. The lowest BCUT2D eigenvalue weighted by Crippen LogP contribution is -2.55. The molecule has 5 rings (SSSR count). The first kappa shape index (κ1) is 18.6. The van der Waals surface area contributed by atoms with E-state index in [9.17, 15) is 14.9 Å². The standard InChI is InChI=1S/C22H27N5O2/c23-12-18-8-14-11-19(14)27(18)22(29)21(24)15-9-16-1-2-17(10-15)26(16)20(28)7-13-3-5-25-6-4-13/h3-6,14-19,21H,1-2,7-11,24H2/t14-,16+,17+,18+,19+,21+/m1/s1. The van der Waals surface area contributed by atoms with Gasteiger partial charge in [-0.2, -0.15) is 5.26 Å². The molecule has 29 heavy (non-hydrogen) atoms. The van der Waals surface area contributed by atoms with Crippen molar-refractivity contribution in [1.29, 1.82) is 5.26 Å². The molecule has 1 aromatic heterocycles. The number of piperidine rings is 2. The summed E-state index contributed by atoms with van der Waals surface area (Å²) in [5.41, 5.74) is 7.44. The third-order valence-corrected chi connectivity index (χ3v) is 7.46. The van der Waals surface area contributed by atoms with Gasteiger partial charge in [0, 0.05) is 30.5 Å². The number of likely N-dealkylation sites (tertiary alicyclic amines) is 1. The van der Waals surface area contributed by atoms with Crippen LogP contribution >= 0.6 is 0 Å². The van der Waals surface area contributed by atoms with Crippen LogP contribution in [-0.4, -0.2) is 56.8 Å². The molecule has 4 fully saturated rings. The van der Waals surface area contributed by atoms with Crippen molar-refractivity contribution >= 4 is 11.8 Å². The smallest absolute Gasteiger partial charge is 0.241 e. The van der Waals surface area contributed by atoms with E-state index in [0.717, 1.165) is 44.1 Å². The minimum absolute atomic E-state index is 0.0532. The quantitative estimate of drug-likeness (QED) is 0.829. The summed E-state index contributed by atoms with van der Waals surface area (Å²) in [5, 5.41) is 9.39. The molecule has 152 valence electrons. The van der Waals surface area contributed by atoms with Crippen LogP contribution in [-0.2, 0) is 16.0 Å². The molecule has 3 saturated heterocycles. The second kappa shape index (κ2) is 7.10. The minimum Gasteiger partial charge on any atom is -0.336 e. The molecule has 7 heteroatoms. The second-order valence-corrected chi connectivity index (χ2v) is 9.16. The number of fused-ring (bicyclic) bond motifs is 3. The zero-order chi connectivity index (χ0) is 20.1. The van der Waals surface area contributed by atoms with Gasteiger partial charge in [0.25, 0.3) is 0 Å². The molecule has 7 nitrogen and oxygen atoms in total. The molecule has 1 aliphatic carbocycles. The van der Waals surface area contributed by atoms with Gasteiger partial charge in [-0.3, -0.25) is 14.6 Å². The highest BCUT2D eigenvalue weighted by molar-refractivity contribution is 5.84. The molecule has 1 aromatic rings. The fourth-order valence-corrected chi connectivity index (χ4v) is 5.95. The predicted molar refractivity (Wildman–Crippen MR) is 105 cm³/mol. The number of nitriles is 1. The highest BCUT2D eigenvalue weighted by atomic mass is 16.2. The molecule has 4 aliphatic rings. The van der Waals surface area contributed by atoms with Crippen molar-refractivity contribution in [3.8, 4) is 6.07 Å². The molecule has 6 atom stereocenters. The van der Waals surface area contributed by atoms with Crippen LogP contribution in [0.5, 0.6) is 0 Å². The van der Waals surface area contributed by atoms with Crippen molar-refractivity contribution < 1.29 is 9.59 Å². The van der Waals surface area contributed by atoms with E-state index in [0.29, 0.717) is 12.3 Å². The highest BCUT2D eigenvalue weighted by Gasteiger charge is 2.56. The zero-order valence-corrected chi connectivity index (χ0v) is 16.5. The summed E-state index contributed by atoms with van der Waals surface area (Å²) in [6, 6.07) is 5.75. The van der Waals surface area contributed by atoms with Crippen molar-refractivity contribution in [2.24, 2.45) is 17.6 Å². The van der Waals surface area contributed by atoms with Crippen molar-refractivity contribution in [2.75, 3.05) is 0 Å². The molecule has 2 N–H and O–H groups in total. The Morgan fingerprint density at radius 3 is 2.48 bits per heavy atom. The van der Waals surface area contributed by atoms with E-state index < -0.39 is 6.04 Å². The molecule has 4 heterocycles. The normalized spacial score (nSPS) is 35.7. The minimum atomic E-state index is -0.564. The summed E-state index contributed by atoms with van der Waals surface area (Å²) in [6.45, 7) is 0. The van der Waals surface area contributed by atoms with Crippen molar-refractivity contribution in [3.05, 3.63) is 30.1 Å². The Labute approximate surface area is 170 Å². The van der Waals surface area contributed by atoms with Crippen LogP contribution in [0.15, 0.2) is 24.5 Å². The number of nitrogens with two attached hydrogens (primary N) is 1. The van der Waals surface area contributed by atoms with Gasteiger partial charge in [-0.15, -0.1) is 0 Å². The van der Waals surface area contributed by atoms with Crippen LogP contribution in [0.3, 0.4) is 0 Å². The van der Waals surface area contributed by atoms with Gasteiger partial charge in [-0.05, 0) is 68.1 Å². The molecule has 0 aromatic carbocycles. The summed E-state index contributed by atoms with van der Waals surface area (Å²) < 4.78 is 0. The summed E-state index contributed by atoms with van der Waals surface area (Å²) in [4.78, 5) is 33.9. The van der Waals surface area contributed by atoms with Crippen LogP contribution in [0, 0.1) is 23.2 Å². The highest BCUT2D eigenvalue weighted by Crippen LogP contribution is 2.48. The number of pyridine rings is 1. The third kappa shape index (κ3) is 3.20. The lowest BCUT2D eigenvalue weighted by molar-refractivity contribution is -0.138. The van der Waals surface area contributed by atoms with Crippen LogP contribution in [0.1, 0.15) is 44.1 Å². The third-order valence-electron chi connectivity index (χ3n) is 7.46. The Morgan fingerprint density at radius 2 is 1.83 bits per heavy atom. The average Bonchev–Trinajstić information content (AvgIpc) is 3.32. The van der Waals surface area contributed by atoms with Gasteiger partial charge in [0.05, 0.1) is 18.5 Å². The maximum atomic E-state index is 13.1. The summed E-state index contributed by atoms with van der Waals surface area (Å²) >= 11 is 0. The van der Waals surface area contributed by atoms with Gasteiger partial charge in [0.15, 0.2) is 0 Å². The first-order valence-corrected chi connectivity index (χ1v) is 10.7. The largest absolute Gasteiger partial charge is 0.336 e. The lowest BCUT2D eigenvalue weighted by atomic mass is 9.84. The van der Waals surface area contributed by atoms with Crippen LogP contribution < -0.4 is 5.73 Å². The number of nitrogens with zero attached hydrogens (tertiary/aromatic N) is 4. The summed E-state index contributed by atoms with van der Waals surface area (Å²) in [6.07, 6.45) is 9.17. The van der Waals surface area contributed by atoms with Crippen molar-refractivity contribution in [1.82, 2.24) is 14.8 Å².